The van der Waals surface area contributed by atoms with Crippen molar-refractivity contribution in [2.24, 2.45) is 5.92 Å². The molecule has 3 N–H and O–H groups in total. The lowest BCUT2D eigenvalue weighted by Crippen LogP contribution is -2.49. The largest absolute Gasteiger partial charge is 0.478 e. The fraction of sp³-hybridized carbons (Fsp3) is 0.278. The fourth-order valence-corrected chi connectivity index (χ4v) is 2.27. The number of carbonyl (C=O) groups is 3. The van der Waals surface area contributed by atoms with Gasteiger partial charge in [-0.25, -0.2) is 4.79 Å². The summed E-state index contributed by atoms with van der Waals surface area (Å²) < 4.78 is 5.02. The van der Waals surface area contributed by atoms with Gasteiger partial charge in [-0.05, 0) is 35.7 Å². The number of nitrogens with one attached hydrogen (secondary N) is 2. The quantitative estimate of drug-likeness (QED) is 0.712. The van der Waals surface area contributed by atoms with Crippen molar-refractivity contribution in [3.8, 4) is 0 Å². The first-order valence-electron chi connectivity index (χ1n) is 7.83. The number of carbonyl (C=O) groups excluding carboxylic acids is 2. The number of aromatic carboxylic acids is 1. The molecule has 7 nitrogen and oxygen atoms in total. The first kappa shape index (κ1) is 18.3. The lowest BCUT2D eigenvalue weighted by atomic mass is 10.0. The highest BCUT2D eigenvalue weighted by Crippen LogP contribution is 2.08. The predicted molar refractivity (Wildman–Crippen MR) is 90.0 cm³/mol. The smallest absolute Gasteiger partial charge is 0.335 e. The normalized spacial score (nSPS) is 11.8. The van der Waals surface area contributed by atoms with Crippen LogP contribution in [-0.4, -0.2) is 28.9 Å². The molecule has 0 bridgehead atoms. The summed E-state index contributed by atoms with van der Waals surface area (Å²) in [5, 5.41) is 14.4. The molecule has 0 saturated heterocycles. The van der Waals surface area contributed by atoms with E-state index in [-0.39, 0.29) is 29.7 Å². The van der Waals surface area contributed by atoms with Crippen molar-refractivity contribution in [3.63, 3.8) is 0 Å². The van der Waals surface area contributed by atoms with Crippen LogP contribution in [0.5, 0.6) is 0 Å². The second-order valence-corrected chi connectivity index (χ2v) is 5.90. The van der Waals surface area contributed by atoms with E-state index in [0.29, 0.717) is 5.56 Å². The minimum atomic E-state index is -1.03. The maximum Gasteiger partial charge on any atom is 0.335 e. The molecule has 2 rings (SSSR count). The summed E-state index contributed by atoms with van der Waals surface area (Å²) in [5.74, 6) is -1.85. The van der Waals surface area contributed by atoms with Crippen LogP contribution < -0.4 is 10.6 Å². The van der Waals surface area contributed by atoms with E-state index < -0.39 is 17.9 Å². The van der Waals surface area contributed by atoms with E-state index >= 15 is 0 Å². The molecule has 1 atom stereocenters. The van der Waals surface area contributed by atoms with Crippen LogP contribution >= 0.6 is 0 Å². The van der Waals surface area contributed by atoms with Crippen molar-refractivity contribution < 1.29 is 23.9 Å². The van der Waals surface area contributed by atoms with Gasteiger partial charge in [0.25, 0.3) is 5.91 Å². The molecule has 7 heteroatoms. The maximum absolute atomic E-state index is 12.4. The minimum Gasteiger partial charge on any atom is -0.478 e. The van der Waals surface area contributed by atoms with E-state index in [1.807, 2.05) is 13.8 Å². The number of carboxylic acids is 1. The van der Waals surface area contributed by atoms with Crippen LogP contribution in [0.25, 0.3) is 0 Å². The molecule has 1 aromatic heterocycles. The highest BCUT2D eigenvalue weighted by atomic mass is 16.4. The lowest BCUT2D eigenvalue weighted by molar-refractivity contribution is -0.124. The zero-order chi connectivity index (χ0) is 18.4. The number of amides is 2. The summed E-state index contributed by atoms with van der Waals surface area (Å²) >= 11 is 0. The van der Waals surface area contributed by atoms with Crippen LogP contribution in [0, 0.1) is 5.92 Å². The van der Waals surface area contributed by atoms with Crippen LogP contribution in [-0.2, 0) is 11.3 Å². The molecule has 132 valence electrons. The third-order valence-corrected chi connectivity index (χ3v) is 3.62. The molecule has 0 radical (unpaired) electrons. The van der Waals surface area contributed by atoms with Crippen LogP contribution in [0.4, 0.5) is 0 Å². The Kier molecular flexibility index (Phi) is 5.94. The Morgan fingerprint density at radius 1 is 1.16 bits per heavy atom. The summed E-state index contributed by atoms with van der Waals surface area (Å²) in [6.45, 7) is 3.80. The standard InChI is InChI=1S/C18H20N2O5/c1-11(2)15(20-16(21)14-7-4-8-25-14)17(22)19-10-12-5-3-6-13(9-12)18(23)24/h3-9,11,15H,10H2,1-2H3,(H,19,22)(H,20,21)(H,23,24)/t15-/m0/s1. The van der Waals surface area contributed by atoms with Gasteiger partial charge >= 0.3 is 5.97 Å². The molecule has 0 unspecified atom stereocenters. The van der Waals surface area contributed by atoms with Gasteiger partial charge in [0.1, 0.15) is 6.04 Å². The van der Waals surface area contributed by atoms with Crippen LogP contribution in [0.3, 0.4) is 0 Å². The van der Waals surface area contributed by atoms with E-state index in [2.05, 4.69) is 10.6 Å². The number of furan rings is 1. The van der Waals surface area contributed by atoms with E-state index in [9.17, 15) is 14.4 Å². The predicted octanol–water partition coefficient (Wildman–Crippen LogP) is 2.05. The van der Waals surface area contributed by atoms with Gasteiger partial charge in [-0.3, -0.25) is 9.59 Å². The number of rotatable bonds is 7. The maximum atomic E-state index is 12.4. The van der Waals surface area contributed by atoms with Gasteiger partial charge in [0.05, 0.1) is 11.8 Å². The van der Waals surface area contributed by atoms with Crippen molar-refractivity contribution in [1.29, 1.82) is 0 Å². The van der Waals surface area contributed by atoms with Crippen LogP contribution in [0.1, 0.15) is 40.3 Å². The van der Waals surface area contributed by atoms with Crippen LogP contribution in [0.2, 0.25) is 0 Å². The van der Waals surface area contributed by atoms with E-state index in [1.165, 1.54) is 24.5 Å². The molecule has 0 saturated carbocycles. The van der Waals surface area contributed by atoms with E-state index in [4.69, 9.17) is 9.52 Å². The van der Waals surface area contributed by atoms with Crippen molar-refractivity contribution in [2.45, 2.75) is 26.4 Å². The summed E-state index contributed by atoms with van der Waals surface area (Å²) in [6.07, 6.45) is 1.38. The highest BCUT2D eigenvalue weighted by Gasteiger charge is 2.25. The summed E-state index contributed by atoms with van der Waals surface area (Å²) in [7, 11) is 0. The Hall–Kier alpha value is -3.09. The lowest BCUT2D eigenvalue weighted by Gasteiger charge is -2.21. The first-order chi connectivity index (χ1) is 11.9. The molecular formula is C18H20N2O5. The molecule has 0 aliphatic rings. The molecule has 25 heavy (non-hydrogen) atoms. The van der Waals surface area contributed by atoms with Crippen molar-refractivity contribution >= 4 is 17.8 Å². The fourth-order valence-electron chi connectivity index (χ4n) is 2.27. The Balaban J connectivity index is 1.99. The Bertz CT molecular complexity index is 753. The Labute approximate surface area is 145 Å². The van der Waals surface area contributed by atoms with Crippen LogP contribution in [0.15, 0.2) is 47.1 Å². The number of hydrogen-bond donors (Lipinski definition) is 3. The summed E-state index contributed by atoms with van der Waals surface area (Å²) in [6, 6.07) is 8.68. The SMILES string of the molecule is CC(C)[C@H](NC(=O)c1ccco1)C(=O)NCc1cccc(C(=O)O)c1. The van der Waals surface area contributed by atoms with Gasteiger partial charge in [-0.15, -0.1) is 0 Å². The monoisotopic (exact) mass is 344 g/mol. The average molecular weight is 344 g/mol. The molecule has 2 amide bonds. The topological polar surface area (TPSA) is 109 Å². The van der Waals surface area contributed by atoms with Gasteiger partial charge in [0.15, 0.2) is 5.76 Å². The molecule has 2 aromatic rings. The first-order valence-corrected chi connectivity index (χ1v) is 7.83. The average Bonchev–Trinajstić information content (AvgIpc) is 3.12. The summed E-state index contributed by atoms with van der Waals surface area (Å²) in [4.78, 5) is 35.5. The number of carboxylic acid groups (broad SMARTS) is 1. The van der Waals surface area contributed by atoms with Gasteiger partial charge in [-0.1, -0.05) is 26.0 Å². The second kappa shape index (κ2) is 8.14. The van der Waals surface area contributed by atoms with Gasteiger partial charge in [0, 0.05) is 6.54 Å². The second-order valence-electron chi connectivity index (χ2n) is 5.90. The zero-order valence-corrected chi connectivity index (χ0v) is 14.0. The van der Waals surface area contributed by atoms with Crippen molar-refractivity contribution in [2.75, 3.05) is 0 Å². The minimum absolute atomic E-state index is 0.132. The molecular weight excluding hydrogens is 324 g/mol. The number of hydrogen-bond acceptors (Lipinski definition) is 4. The van der Waals surface area contributed by atoms with E-state index in [0.717, 1.165) is 0 Å². The molecule has 0 spiro atoms. The molecule has 0 aliphatic heterocycles. The molecule has 0 aliphatic carbocycles. The van der Waals surface area contributed by atoms with Gasteiger partial charge in [-0.2, -0.15) is 0 Å². The van der Waals surface area contributed by atoms with Gasteiger partial charge < -0.3 is 20.2 Å². The highest BCUT2D eigenvalue weighted by molar-refractivity contribution is 5.95. The van der Waals surface area contributed by atoms with E-state index in [1.54, 1.807) is 18.2 Å². The third-order valence-electron chi connectivity index (χ3n) is 3.62. The third kappa shape index (κ3) is 4.94. The number of benzene rings is 1. The van der Waals surface area contributed by atoms with Gasteiger partial charge in [0.2, 0.25) is 5.91 Å². The zero-order valence-electron chi connectivity index (χ0n) is 14.0. The molecule has 1 heterocycles. The van der Waals surface area contributed by atoms with Crippen molar-refractivity contribution in [3.05, 3.63) is 59.5 Å². The summed E-state index contributed by atoms with van der Waals surface area (Å²) in [5.41, 5.74) is 0.811. The molecule has 0 fully saturated rings. The molecule has 1 aromatic carbocycles. The Morgan fingerprint density at radius 3 is 2.52 bits per heavy atom. The van der Waals surface area contributed by atoms with Crippen molar-refractivity contribution in [1.82, 2.24) is 10.6 Å². The Morgan fingerprint density at radius 2 is 1.92 bits per heavy atom.